The fourth-order valence-corrected chi connectivity index (χ4v) is 5.96. The molecule has 0 aliphatic carbocycles. The van der Waals surface area contributed by atoms with Gasteiger partial charge < -0.3 is 19.0 Å². The van der Waals surface area contributed by atoms with E-state index in [2.05, 4.69) is 50.7 Å². The largest absolute Gasteiger partial charge is 0.374 e. The van der Waals surface area contributed by atoms with Gasteiger partial charge in [0.25, 0.3) is 0 Å². The number of hydrogen-bond donors (Lipinski definition) is 1. The molecular weight excluding hydrogens is 504 g/mol. The Morgan fingerprint density at radius 3 is 2.21 bits per heavy atom. The third-order valence-electron chi connectivity index (χ3n) is 6.27. The SMILES string of the molecule is Brc1csc(C23COC(COCc4ccccc4)(COCc4ccccc4)CC2CON3)n1. The highest BCUT2D eigenvalue weighted by Gasteiger charge is 2.56. The van der Waals surface area contributed by atoms with Crippen LogP contribution < -0.4 is 5.48 Å². The molecule has 33 heavy (non-hydrogen) atoms. The predicted octanol–water partition coefficient (Wildman–Crippen LogP) is 4.84. The summed E-state index contributed by atoms with van der Waals surface area (Å²) in [5.74, 6) is 0.199. The Hall–Kier alpha value is -1.65. The molecular formula is C25H27BrN2O4S. The number of ether oxygens (including phenoxy) is 3. The molecule has 3 heterocycles. The standard InChI is InChI=1S/C25H27BrN2O4S/c26-22-15-33-23(27-22)25-18-31-24(11-21(25)14-32-28-25,16-29-12-19-7-3-1-4-8-19)17-30-13-20-9-5-2-6-10-20/h1-10,15,21,28H,11-14,16-18H2. The second kappa shape index (κ2) is 10.3. The van der Waals surface area contributed by atoms with E-state index < -0.39 is 11.1 Å². The fourth-order valence-electron chi connectivity index (χ4n) is 4.49. The molecule has 1 N–H and O–H groups in total. The minimum absolute atomic E-state index is 0.199. The lowest BCUT2D eigenvalue weighted by Crippen LogP contribution is -2.58. The van der Waals surface area contributed by atoms with Crippen LogP contribution in [0.25, 0.3) is 0 Å². The number of thiazole rings is 1. The monoisotopic (exact) mass is 530 g/mol. The van der Waals surface area contributed by atoms with Crippen LogP contribution in [0.4, 0.5) is 0 Å². The molecule has 2 saturated heterocycles. The van der Waals surface area contributed by atoms with Crippen molar-refractivity contribution in [1.82, 2.24) is 10.5 Å². The van der Waals surface area contributed by atoms with Crippen LogP contribution in [0.2, 0.25) is 0 Å². The van der Waals surface area contributed by atoms with Crippen LogP contribution in [0, 0.1) is 5.92 Å². The number of fused-ring (bicyclic) bond motifs is 1. The van der Waals surface area contributed by atoms with Crippen LogP contribution in [0.1, 0.15) is 22.6 Å². The summed E-state index contributed by atoms with van der Waals surface area (Å²) < 4.78 is 19.8. The molecule has 3 aromatic rings. The van der Waals surface area contributed by atoms with E-state index in [4.69, 9.17) is 19.0 Å². The van der Waals surface area contributed by atoms with Crippen molar-refractivity contribution in [3.63, 3.8) is 0 Å². The Morgan fingerprint density at radius 2 is 1.64 bits per heavy atom. The molecule has 0 bridgehead atoms. The third-order valence-corrected chi connectivity index (χ3v) is 8.00. The van der Waals surface area contributed by atoms with Crippen LogP contribution in [-0.2, 0) is 37.8 Å². The van der Waals surface area contributed by atoms with Crippen molar-refractivity contribution >= 4 is 27.3 Å². The molecule has 5 rings (SSSR count). The maximum atomic E-state index is 6.58. The molecule has 2 unspecified atom stereocenters. The molecule has 2 fully saturated rings. The van der Waals surface area contributed by atoms with Crippen molar-refractivity contribution in [3.8, 4) is 0 Å². The van der Waals surface area contributed by atoms with Crippen molar-refractivity contribution in [2.24, 2.45) is 5.92 Å². The summed E-state index contributed by atoms with van der Waals surface area (Å²) in [5.41, 5.74) is 4.51. The first-order valence-electron chi connectivity index (χ1n) is 11.1. The first kappa shape index (κ1) is 23.1. The van der Waals surface area contributed by atoms with Gasteiger partial charge in [-0.25, -0.2) is 4.98 Å². The van der Waals surface area contributed by atoms with Gasteiger partial charge >= 0.3 is 0 Å². The van der Waals surface area contributed by atoms with Gasteiger partial charge in [-0.15, -0.1) is 11.3 Å². The molecule has 0 amide bonds. The maximum Gasteiger partial charge on any atom is 0.123 e. The van der Waals surface area contributed by atoms with Gasteiger partial charge in [0.15, 0.2) is 0 Å². The van der Waals surface area contributed by atoms with Gasteiger partial charge in [0, 0.05) is 11.3 Å². The molecule has 0 radical (unpaired) electrons. The highest BCUT2D eigenvalue weighted by molar-refractivity contribution is 9.10. The Morgan fingerprint density at radius 1 is 1.00 bits per heavy atom. The zero-order valence-corrected chi connectivity index (χ0v) is 20.6. The third kappa shape index (κ3) is 5.22. The summed E-state index contributed by atoms with van der Waals surface area (Å²) in [4.78, 5) is 10.4. The molecule has 2 aliphatic heterocycles. The van der Waals surface area contributed by atoms with Crippen LogP contribution >= 0.6 is 27.3 Å². The van der Waals surface area contributed by atoms with Crippen molar-refractivity contribution < 1.29 is 19.0 Å². The Bertz CT molecular complexity index is 990. The van der Waals surface area contributed by atoms with Crippen molar-refractivity contribution in [1.29, 1.82) is 0 Å². The van der Waals surface area contributed by atoms with Gasteiger partial charge in [-0.1, -0.05) is 60.7 Å². The molecule has 174 valence electrons. The minimum atomic E-state index is -0.554. The molecule has 2 atom stereocenters. The van der Waals surface area contributed by atoms with Gasteiger partial charge in [0.05, 0.1) is 39.6 Å². The smallest absolute Gasteiger partial charge is 0.123 e. The van der Waals surface area contributed by atoms with Gasteiger partial charge in [-0.3, -0.25) is 0 Å². The molecule has 2 aromatic carbocycles. The average Bonchev–Trinajstić information content (AvgIpc) is 3.47. The van der Waals surface area contributed by atoms with Crippen molar-refractivity contribution in [3.05, 3.63) is 86.8 Å². The Balaban J connectivity index is 1.30. The molecule has 0 spiro atoms. The van der Waals surface area contributed by atoms with Crippen LogP contribution in [-0.4, -0.2) is 37.0 Å². The van der Waals surface area contributed by atoms with Gasteiger partial charge in [0.2, 0.25) is 0 Å². The first-order valence-corrected chi connectivity index (χ1v) is 12.7. The lowest BCUT2D eigenvalue weighted by Gasteiger charge is -2.46. The number of hydrogen-bond acceptors (Lipinski definition) is 7. The van der Waals surface area contributed by atoms with Crippen molar-refractivity contribution in [2.45, 2.75) is 30.8 Å². The summed E-state index contributed by atoms with van der Waals surface area (Å²) in [6, 6.07) is 20.4. The van der Waals surface area contributed by atoms with E-state index in [0.29, 0.717) is 39.6 Å². The topological polar surface area (TPSA) is 61.8 Å². The van der Waals surface area contributed by atoms with E-state index in [1.165, 1.54) is 0 Å². The zero-order valence-electron chi connectivity index (χ0n) is 18.2. The summed E-state index contributed by atoms with van der Waals surface area (Å²) in [7, 11) is 0. The first-order chi connectivity index (χ1) is 16.2. The summed E-state index contributed by atoms with van der Waals surface area (Å²) in [5, 5.41) is 2.97. The minimum Gasteiger partial charge on any atom is -0.374 e. The number of rotatable bonds is 9. The van der Waals surface area contributed by atoms with E-state index in [1.54, 1.807) is 11.3 Å². The lowest BCUT2D eigenvalue weighted by atomic mass is 9.76. The van der Waals surface area contributed by atoms with Crippen LogP contribution in [0.5, 0.6) is 0 Å². The fraction of sp³-hybridized carbons (Fsp3) is 0.400. The number of nitrogens with zero attached hydrogens (tertiary/aromatic N) is 1. The second-order valence-electron chi connectivity index (χ2n) is 8.69. The number of nitrogens with one attached hydrogen (secondary N) is 1. The number of halogens is 1. The van der Waals surface area contributed by atoms with E-state index in [1.807, 2.05) is 41.8 Å². The van der Waals surface area contributed by atoms with Gasteiger partial charge in [-0.05, 0) is 33.5 Å². The Labute approximate surface area is 206 Å². The summed E-state index contributed by atoms with van der Waals surface area (Å²) in [6.07, 6.45) is 0.751. The van der Waals surface area contributed by atoms with Crippen LogP contribution in [0.15, 0.2) is 70.6 Å². The second-order valence-corrected chi connectivity index (χ2v) is 10.4. The predicted molar refractivity (Wildman–Crippen MR) is 130 cm³/mol. The number of aromatic nitrogens is 1. The highest BCUT2D eigenvalue weighted by Crippen LogP contribution is 2.46. The molecule has 6 nitrogen and oxygen atoms in total. The highest BCUT2D eigenvalue weighted by atomic mass is 79.9. The van der Waals surface area contributed by atoms with Gasteiger partial charge in [0.1, 0.15) is 20.8 Å². The zero-order chi connectivity index (χ0) is 22.6. The molecule has 8 heteroatoms. The lowest BCUT2D eigenvalue weighted by molar-refractivity contribution is -0.193. The normalized spacial score (nSPS) is 24.0. The van der Waals surface area contributed by atoms with E-state index in [9.17, 15) is 0 Å². The maximum absolute atomic E-state index is 6.58. The van der Waals surface area contributed by atoms with E-state index in [-0.39, 0.29) is 5.92 Å². The number of hydroxylamine groups is 1. The van der Waals surface area contributed by atoms with Crippen LogP contribution in [0.3, 0.4) is 0 Å². The summed E-state index contributed by atoms with van der Waals surface area (Å²) >= 11 is 5.09. The quantitative estimate of drug-likeness (QED) is 0.426. The van der Waals surface area contributed by atoms with Gasteiger partial charge in [-0.2, -0.15) is 5.48 Å². The molecule has 2 aliphatic rings. The van der Waals surface area contributed by atoms with Crippen molar-refractivity contribution in [2.75, 3.05) is 26.4 Å². The molecule has 0 saturated carbocycles. The van der Waals surface area contributed by atoms with E-state index in [0.717, 1.165) is 27.2 Å². The average molecular weight is 531 g/mol. The Kier molecular flexibility index (Phi) is 7.22. The molecule has 1 aromatic heterocycles. The van der Waals surface area contributed by atoms with E-state index >= 15 is 0 Å². The summed E-state index contributed by atoms with van der Waals surface area (Å²) in [6.45, 7) is 3.01. The number of benzene rings is 2.